The summed E-state index contributed by atoms with van der Waals surface area (Å²) in [6.45, 7) is 6.46. The second-order valence-electron chi connectivity index (χ2n) is 5.68. The number of rotatable bonds is 7. The van der Waals surface area contributed by atoms with Crippen molar-refractivity contribution in [1.82, 2.24) is 5.32 Å². The van der Waals surface area contributed by atoms with Crippen LogP contribution in [-0.2, 0) is 16.1 Å². The van der Waals surface area contributed by atoms with Crippen molar-refractivity contribution in [3.63, 3.8) is 0 Å². The van der Waals surface area contributed by atoms with Gasteiger partial charge in [0, 0.05) is 4.88 Å². The molecule has 1 amide bonds. The first-order chi connectivity index (χ1) is 10.6. The SMILES string of the molecule is CC(C)[C@@H](NC(=O)[C@@H](C)OCc1ccccc1)c1cccs1. The van der Waals surface area contributed by atoms with Crippen molar-refractivity contribution < 1.29 is 9.53 Å². The van der Waals surface area contributed by atoms with Crippen LogP contribution in [0.5, 0.6) is 0 Å². The molecule has 22 heavy (non-hydrogen) atoms. The number of nitrogens with one attached hydrogen (secondary N) is 1. The number of benzene rings is 1. The number of ether oxygens (including phenoxy) is 1. The van der Waals surface area contributed by atoms with Gasteiger partial charge in [-0.2, -0.15) is 0 Å². The Bertz CT molecular complexity index is 566. The Morgan fingerprint density at radius 3 is 2.45 bits per heavy atom. The lowest BCUT2D eigenvalue weighted by atomic mass is 10.0. The van der Waals surface area contributed by atoms with E-state index in [1.54, 1.807) is 18.3 Å². The zero-order valence-corrected chi connectivity index (χ0v) is 14.1. The minimum absolute atomic E-state index is 0.0373. The molecule has 1 N–H and O–H groups in total. The molecule has 4 heteroatoms. The van der Waals surface area contributed by atoms with E-state index in [9.17, 15) is 4.79 Å². The summed E-state index contributed by atoms with van der Waals surface area (Å²) in [7, 11) is 0. The molecule has 0 fully saturated rings. The summed E-state index contributed by atoms with van der Waals surface area (Å²) in [5, 5.41) is 5.14. The maximum absolute atomic E-state index is 12.3. The van der Waals surface area contributed by atoms with E-state index in [-0.39, 0.29) is 11.9 Å². The molecule has 1 aromatic heterocycles. The second-order valence-corrected chi connectivity index (χ2v) is 6.66. The van der Waals surface area contributed by atoms with Gasteiger partial charge in [0.05, 0.1) is 12.6 Å². The first-order valence-electron chi connectivity index (χ1n) is 7.57. The smallest absolute Gasteiger partial charge is 0.249 e. The molecule has 0 aliphatic rings. The molecule has 0 unspecified atom stereocenters. The van der Waals surface area contributed by atoms with Crippen molar-refractivity contribution >= 4 is 17.2 Å². The highest BCUT2D eigenvalue weighted by atomic mass is 32.1. The lowest BCUT2D eigenvalue weighted by molar-refractivity contribution is -0.133. The number of carbonyl (C=O) groups excluding carboxylic acids is 1. The molecule has 0 spiro atoms. The van der Waals surface area contributed by atoms with Crippen molar-refractivity contribution in [1.29, 1.82) is 0 Å². The predicted molar refractivity (Wildman–Crippen MR) is 90.7 cm³/mol. The van der Waals surface area contributed by atoms with Gasteiger partial charge in [0.1, 0.15) is 6.10 Å². The Kier molecular flexibility index (Phi) is 6.16. The van der Waals surface area contributed by atoms with E-state index >= 15 is 0 Å². The molecule has 0 bridgehead atoms. The Balaban J connectivity index is 1.89. The van der Waals surface area contributed by atoms with Crippen molar-refractivity contribution in [2.24, 2.45) is 5.92 Å². The van der Waals surface area contributed by atoms with Gasteiger partial charge < -0.3 is 10.1 Å². The van der Waals surface area contributed by atoms with E-state index in [0.717, 1.165) is 5.56 Å². The predicted octanol–water partition coefficient (Wildman–Crippen LogP) is 4.17. The normalized spacial score (nSPS) is 13.8. The van der Waals surface area contributed by atoms with Crippen LogP contribution in [0.25, 0.3) is 0 Å². The third-order valence-electron chi connectivity index (χ3n) is 3.53. The average molecular weight is 317 g/mol. The Hall–Kier alpha value is -1.65. The molecule has 118 valence electrons. The van der Waals surface area contributed by atoms with Crippen LogP contribution < -0.4 is 5.32 Å². The summed E-state index contributed by atoms with van der Waals surface area (Å²) >= 11 is 1.67. The summed E-state index contributed by atoms with van der Waals surface area (Å²) in [5.74, 6) is 0.270. The third kappa shape index (κ3) is 4.68. The van der Waals surface area contributed by atoms with Crippen LogP contribution in [0.2, 0.25) is 0 Å². The summed E-state index contributed by atoms with van der Waals surface area (Å²) in [4.78, 5) is 13.5. The Morgan fingerprint density at radius 1 is 1.14 bits per heavy atom. The minimum Gasteiger partial charge on any atom is -0.364 e. The molecule has 0 radical (unpaired) electrons. The van der Waals surface area contributed by atoms with E-state index in [4.69, 9.17) is 4.74 Å². The molecule has 2 aromatic rings. The summed E-state index contributed by atoms with van der Waals surface area (Å²) in [6.07, 6.45) is -0.471. The largest absolute Gasteiger partial charge is 0.364 e. The van der Waals surface area contributed by atoms with Gasteiger partial charge in [0.2, 0.25) is 5.91 Å². The van der Waals surface area contributed by atoms with Gasteiger partial charge in [-0.1, -0.05) is 50.2 Å². The number of carbonyl (C=O) groups is 1. The van der Waals surface area contributed by atoms with Crippen LogP contribution in [0.4, 0.5) is 0 Å². The topological polar surface area (TPSA) is 38.3 Å². The van der Waals surface area contributed by atoms with Gasteiger partial charge in [0.25, 0.3) is 0 Å². The van der Waals surface area contributed by atoms with Gasteiger partial charge in [-0.3, -0.25) is 4.79 Å². The second kappa shape index (κ2) is 8.11. The molecule has 3 nitrogen and oxygen atoms in total. The van der Waals surface area contributed by atoms with Crippen LogP contribution in [0.1, 0.15) is 37.3 Å². The standard InChI is InChI=1S/C18H23NO2S/c1-13(2)17(16-10-7-11-22-16)19-18(20)14(3)21-12-15-8-5-4-6-9-15/h4-11,13-14,17H,12H2,1-3H3,(H,19,20)/t14-,17-/m1/s1. The van der Waals surface area contributed by atoms with Gasteiger partial charge in [0.15, 0.2) is 0 Å². The monoisotopic (exact) mass is 317 g/mol. The highest BCUT2D eigenvalue weighted by Gasteiger charge is 2.22. The minimum atomic E-state index is -0.471. The Labute approximate surface area is 136 Å². The molecule has 0 aliphatic heterocycles. The van der Waals surface area contributed by atoms with Crippen molar-refractivity contribution in [2.45, 2.75) is 39.5 Å². The van der Waals surface area contributed by atoms with Gasteiger partial charge in [-0.05, 0) is 29.9 Å². The first kappa shape index (κ1) is 16.7. The Morgan fingerprint density at radius 2 is 1.86 bits per heavy atom. The van der Waals surface area contributed by atoms with Crippen molar-refractivity contribution in [3.8, 4) is 0 Å². The van der Waals surface area contributed by atoms with Crippen molar-refractivity contribution in [2.75, 3.05) is 0 Å². The highest BCUT2D eigenvalue weighted by Crippen LogP contribution is 2.25. The molecular weight excluding hydrogens is 294 g/mol. The lowest BCUT2D eigenvalue weighted by Gasteiger charge is -2.23. The molecule has 1 heterocycles. The average Bonchev–Trinajstić information content (AvgIpc) is 3.04. The molecule has 0 aliphatic carbocycles. The molecule has 2 atom stereocenters. The number of thiophene rings is 1. The van der Waals surface area contributed by atoms with Crippen LogP contribution >= 0.6 is 11.3 Å². The quantitative estimate of drug-likeness (QED) is 0.832. The van der Waals surface area contributed by atoms with E-state index in [1.807, 2.05) is 41.8 Å². The maximum Gasteiger partial charge on any atom is 0.249 e. The fourth-order valence-electron chi connectivity index (χ4n) is 2.18. The lowest BCUT2D eigenvalue weighted by Crippen LogP contribution is -2.38. The summed E-state index contributed by atoms with van der Waals surface area (Å²) < 4.78 is 5.68. The van der Waals surface area contributed by atoms with Gasteiger partial charge in [-0.15, -0.1) is 11.3 Å². The van der Waals surface area contributed by atoms with Crippen LogP contribution in [-0.4, -0.2) is 12.0 Å². The zero-order chi connectivity index (χ0) is 15.9. The van der Waals surface area contributed by atoms with Crippen LogP contribution in [0.15, 0.2) is 47.8 Å². The first-order valence-corrected chi connectivity index (χ1v) is 8.45. The van der Waals surface area contributed by atoms with Crippen LogP contribution in [0, 0.1) is 5.92 Å². The third-order valence-corrected chi connectivity index (χ3v) is 4.48. The van der Waals surface area contributed by atoms with Crippen LogP contribution in [0.3, 0.4) is 0 Å². The summed E-state index contributed by atoms with van der Waals surface area (Å²) in [5.41, 5.74) is 1.07. The van der Waals surface area contributed by atoms with Gasteiger partial charge >= 0.3 is 0 Å². The summed E-state index contributed by atoms with van der Waals surface area (Å²) in [6, 6.07) is 14.0. The molecule has 0 saturated carbocycles. The maximum atomic E-state index is 12.3. The fourth-order valence-corrected chi connectivity index (χ4v) is 3.13. The van der Waals surface area contributed by atoms with Gasteiger partial charge in [-0.25, -0.2) is 0 Å². The highest BCUT2D eigenvalue weighted by molar-refractivity contribution is 7.10. The van der Waals surface area contributed by atoms with E-state index in [0.29, 0.717) is 12.5 Å². The van der Waals surface area contributed by atoms with Crippen molar-refractivity contribution in [3.05, 3.63) is 58.3 Å². The van der Waals surface area contributed by atoms with E-state index in [1.165, 1.54) is 4.88 Å². The number of amides is 1. The molecule has 2 rings (SSSR count). The molecular formula is C18H23NO2S. The number of hydrogen-bond acceptors (Lipinski definition) is 3. The van der Waals surface area contributed by atoms with E-state index < -0.39 is 6.10 Å². The fraction of sp³-hybridized carbons (Fsp3) is 0.389. The number of hydrogen-bond donors (Lipinski definition) is 1. The molecule has 0 saturated heterocycles. The zero-order valence-electron chi connectivity index (χ0n) is 13.3. The van der Waals surface area contributed by atoms with E-state index in [2.05, 4.69) is 25.2 Å². The molecule has 1 aromatic carbocycles.